The molecule has 1 aliphatic rings. The van der Waals surface area contributed by atoms with Crippen molar-refractivity contribution in [2.24, 2.45) is 5.73 Å². The van der Waals surface area contributed by atoms with Crippen LogP contribution in [0.15, 0.2) is 0 Å². The molecule has 0 radical (unpaired) electrons. The summed E-state index contributed by atoms with van der Waals surface area (Å²) in [6, 6.07) is 0.385. The molecule has 1 heterocycles. The minimum atomic E-state index is 0.0306. The monoisotopic (exact) mass is 157 g/mol. The number of likely N-dealkylation sites (tertiary alicyclic amines) is 1. The number of carbonyl (C=O) groups is 1. The Morgan fingerprint density at radius 1 is 1.73 bits per heavy atom. The molecule has 1 fully saturated rings. The van der Waals surface area contributed by atoms with Gasteiger partial charge in [-0.05, 0) is 7.05 Å². The quantitative estimate of drug-likeness (QED) is 0.543. The van der Waals surface area contributed by atoms with Crippen LogP contribution in [0.5, 0.6) is 0 Å². The summed E-state index contributed by atoms with van der Waals surface area (Å²) in [7, 11) is 3.85. The smallest absolute Gasteiger partial charge is 0.236 e. The van der Waals surface area contributed by atoms with Gasteiger partial charge in [-0.25, -0.2) is 0 Å². The van der Waals surface area contributed by atoms with Crippen LogP contribution in [0.1, 0.15) is 0 Å². The fourth-order valence-corrected chi connectivity index (χ4v) is 1.26. The molecule has 1 rings (SSSR count). The number of rotatable bonds is 2. The first-order chi connectivity index (χ1) is 5.15. The molecular weight excluding hydrogens is 142 g/mol. The van der Waals surface area contributed by atoms with Gasteiger partial charge in [0.25, 0.3) is 0 Å². The minimum Gasteiger partial charge on any atom is -0.339 e. The van der Waals surface area contributed by atoms with Crippen LogP contribution in [0.4, 0.5) is 0 Å². The van der Waals surface area contributed by atoms with Crippen molar-refractivity contribution in [3.05, 3.63) is 0 Å². The van der Waals surface area contributed by atoms with Crippen molar-refractivity contribution < 1.29 is 4.79 Å². The number of likely N-dealkylation sites (N-methyl/N-ethyl adjacent to an activating group) is 2. The van der Waals surface area contributed by atoms with E-state index in [0.717, 1.165) is 13.1 Å². The second-order valence-electron chi connectivity index (χ2n) is 3.08. The molecule has 0 atom stereocenters. The van der Waals surface area contributed by atoms with E-state index in [1.54, 1.807) is 4.90 Å². The standard InChI is InChI=1S/C7H15N3O/c1-9-4-6(5-9)10(2)7(11)3-8/h6H,3-5,8H2,1-2H3. The summed E-state index contributed by atoms with van der Waals surface area (Å²) in [4.78, 5) is 14.9. The van der Waals surface area contributed by atoms with Gasteiger partial charge in [0, 0.05) is 20.1 Å². The van der Waals surface area contributed by atoms with E-state index in [9.17, 15) is 4.79 Å². The van der Waals surface area contributed by atoms with E-state index in [0.29, 0.717) is 6.04 Å². The second kappa shape index (κ2) is 3.19. The Morgan fingerprint density at radius 3 is 2.64 bits per heavy atom. The molecule has 0 bridgehead atoms. The van der Waals surface area contributed by atoms with Crippen LogP contribution >= 0.6 is 0 Å². The van der Waals surface area contributed by atoms with Crippen molar-refractivity contribution in [1.82, 2.24) is 9.80 Å². The summed E-state index contributed by atoms with van der Waals surface area (Å²) in [6.45, 7) is 2.07. The Hall–Kier alpha value is -0.610. The van der Waals surface area contributed by atoms with E-state index in [1.807, 2.05) is 14.1 Å². The molecule has 0 saturated carbocycles. The molecule has 1 amide bonds. The average Bonchev–Trinajstić information content (AvgIpc) is 1.96. The van der Waals surface area contributed by atoms with Crippen molar-refractivity contribution in [3.8, 4) is 0 Å². The third kappa shape index (κ3) is 1.70. The maximum Gasteiger partial charge on any atom is 0.236 e. The Morgan fingerprint density at radius 2 is 2.27 bits per heavy atom. The van der Waals surface area contributed by atoms with Crippen molar-refractivity contribution in [2.45, 2.75) is 6.04 Å². The fourth-order valence-electron chi connectivity index (χ4n) is 1.26. The first kappa shape index (κ1) is 8.49. The van der Waals surface area contributed by atoms with Gasteiger partial charge in [0.1, 0.15) is 0 Å². The highest BCUT2D eigenvalue weighted by Crippen LogP contribution is 2.10. The van der Waals surface area contributed by atoms with Crippen molar-refractivity contribution in [3.63, 3.8) is 0 Å². The average molecular weight is 157 g/mol. The lowest BCUT2D eigenvalue weighted by Gasteiger charge is -2.41. The predicted molar refractivity (Wildman–Crippen MR) is 43.1 cm³/mol. The molecule has 11 heavy (non-hydrogen) atoms. The van der Waals surface area contributed by atoms with Crippen LogP contribution in [0.25, 0.3) is 0 Å². The zero-order valence-electron chi connectivity index (χ0n) is 7.08. The van der Waals surface area contributed by atoms with Crippen LogP contribution in [0.2, 0.25) is 0 Å². The highest BCUT2D eigenvalue weighted by Gasteiger charge is 2.28. The summed E-state index contributed by atoms with van der Waals surface area (Å²) in [5.41, 5.74) is 5.22. The van der Waals surface area contributed by atoms with E-state index in [-0.39, 0.29) is 12.5 Å². The third-order valence-corrected chi connectivity index (χ3v) is 2.16. The summed E-state index contributed by atoms with van der Waals surface area (Å²) < 4.78 is 0. The number of carbonyl (C=O) groups excluding carboxylic acids is 1. The highest BCUT2D eigenvalue weighted by atomic mass is 16.2. The van der Waals surface area contributed by atoms with Crippen LogP contribution < -0.4 is 5.73 Å². The molecule has 0 aromatic heterocycles. The largest absolute Gasteiger partial charge is 0.339 e. The van der Waals surface area contributed by atoms with Gasteiger partial charge < -0.3 is 15.5 Å². The predicted octanol–water partition coefficient (Wildman–Crippen LogP) is -1.28. The van der Waals surface area contributed by atoms with Gasteiger partial charge in [-0.1, -0.05) is 0 Å². The lowest BCUT2D eigenvalue weighted by Crippen LogP contribution is -2.58. The molecule has 1 aliphatic heterocycles. The maximum absolute atomic E-state index is 11.0. The van der Waals surface area contributed by atoms with Gasteiger partial charge in [0.2, 0.25) is 5.91 Å². The lowest BCUT2D eigenvalue weighted by atomic mass is 10.1. The van der Waals surface area contributed by atoms with Crippen molar-refractivity contribution in [1.29, 1.82) is 0 Å². The van der Waals surface area contributed by atoms with Gasteiger partial charge in [-0.2, -0.15) is 0 Å². The molecule has 0 aliphatic carbocycles. The van der Waals surface area contributed by atoms with Gasteiger partial charge in [-0.3, -0.25) is 4.79 Å². The molecule has 2 N–H and O–H groups in total. The Kier molecular flexibility index (Phi) is 2.46. The van der Waals surface area contributed by atoms with E-state index in [1.165, 1.54) is 0 Å². The number of hydrogen-bond acceptors (Lipinski definition) is 3. The van der Waals surface area contributed by atoms with Crippen LogP contribution in [0.3, 0.4) is 0 Å². The number of hydrogen-bond donors (Lipinski definition) is 1. The summed E-state index contributed by atoms with van der Waals surface area (Å²) in [5, 5.41) is 0. The highest BCUT2D eigenvalue weighted by molar-refractivity contribution is 5.78. The summed E-state index contributed by atoms with van der Waals surface area (Å²) >= 11 is 0. The van der Waals surface area contributed by atoms with Crippen molar-refractivity contribution >= 4 is 5.91 Å². The number of nitrogens with zero attached hydrogens (tertiary/aromatic N) is 2. The topological polar surface area (TPSA) is 49.6 Å². The molecule has 64 valence electrons. The molecule has 0 aromatic rings. The first-order valence-corrected chi connectivity index (χ1v) is 3.79. The molecule has 1 saturated heterocycles. The van der Waals surface area contributed by atoms with Gasteiger partial charge in [0.05, 0.1) is 12.6 Å². The zero-order valence-corrected chi connectivity index (χ0v) is 7.08. The molecular formula is C7H15N3O. The van der Waals surface area contributed by atoms with Gasteiger partial charge in [0.15, 0.2) is 0 Å². The summed E-state index contributed by atoms with van der Waals surface area (Å²) in [5.74, 6) is 0.0306. The molecule has 4 heteroatoms. The normalized spacial score (nSPS) is 19.5. The molecule has 0 aromatic carbocycles. The van der Waals surface area contributed by atoms with E-state index in [2.05, 4.69) is 4.90 Å². The van der Waals surface area contributed by atoms with Gasteiger partial charge in [-0.15, -0.1) is 0 Å². The zero-order chi connectivity index (χ0) is 8.43. The Balaban J connectivity index is 2.31. The SMILES string of the molecule is CN1CC(N(C)C(=O)CN)C1. The minimum absolute atomic E-state index is 0.0306. The molecule has 4 nitrogen and oxygen atoms in total. The van der Waals surface area contributed by atoms with Crippen LogP contribution in [0, 0.1) is 0 Å². The number of amides is 1. The van der Waals surface area contributed by atoms with Crippen LogP contribution in [-0.2, 0) is 4.79 Å². The third-order valence-electron chi connectivity index (χ3n) is 2.16. The van der Waals surface area contributed by atoms with E-state index in [4.69, 9.17) is 5.73 Å². The Labute approximate surface area is 66.9 Å². The molecule has 0 unspecified atom stereocenters. The molecule has 0 spiro atoms. The fraction of sp³-hybridized carbons (Fsp3) is 0.857. The first-order valence-electron chi connectivity index (χ1n) is 3.79. The lowest BCUT2D eigenvalue weighted by molar-refractivity contribution is -0.133. The van der Waals surface area contributed by atoms with E-state index >= 15 is 0 Å². The summed E-state index contributed by atoms with van der Waals surface area (Å²) in [6.07, 6.45) is 0. The van der Waals surface area contributed by atoms with Crippen molar-refractivity contribution in [2.75, 3.05) is 33.7 Å². The Bertz CT molecular complexity index is 154. The van der Waals surface area contributed by atoms with Gasteiger partial charge >= 0.3 is 0 Å². The van der Waals surface area contributed by atoms with Crippen LogP contribution in [-0.4, -0.2) is 55.5 Å². The second-order valence-corrected chi connectivity index (χ2v) is 3.08. The maximum atomic E-state index is 11.0. The number of nitrogens with two attached hydrogens (primary N) is 1. The van der Waals surface area contributed by atoms with E-state index < -0.39 is 0 Å².